The standard InChI is InChI=1S/C39H24/c1-2-13-25(14-3-1)34-29-18-8-9-19-30(29)39-36(34)31-20-10-11-21-32(31)37-35-26-15-5-4-12-24(26)22-23-33(35)27-16-6-7-17-28(27)38(37)39/h1-23,34H. The third kappa shape index (κ3) is 2.73. The summed E-state index contributed by atoms with van der Waals surface area (Å²) >= 11 is 0. The lowest BCUT2D eigenvalue weighted by Crippen LogP contribution is -2.00. The van der Waals surface area contributed by atoms with E-state index in [9.17, 15) is 0 Å². The van der Waals surface area contributed by atoms with Crippen molar-refractivity contribution in [2.24, 2.45) is 0 Å². The molecule has 39 heavy (non-hydrogen) atoms. The van der Waals surface area contributed by atoms with Gasteiger partial charge in [-0.1, -0.05) is 140 Å². The molecular weight excluding hydrogens is 468 g/mol. The van der Waals surface area contributed by atoms with E-state index in [0.29, 0.717) is 0 Å². The molecule has 9 rings (SSSR count). The second kappa shape index (κ2) is 7.79. The summed E-state index contributed by atoms with van der Waals surface area (Å²) in [6, 6.07) is 51.8. The summed E-state index contributed by atoms with van der Waals surface area (Å²) in [5.41, 5.74) is 6.96. The Hall–Kier alpha value is -4.94. The van der Waals surface area contributed by atoms with Crippen LogP contribution in [0.25, 0.3) is 65.0 Å². The van der Waals surface area contributed by atoms with Crippen LogP contribution in [0, 0.1) is 0 Å². The molecule has 0 heteroatoms. The molecule has 1 atom stereocenters. The van der Waals surface area contributed by atoms with E-state index < -0.39 is 0 Å². The number of rotatable bonds is 1. The lowest BCUT2D eigenvalue weighted by Gasteiger charge is -2.21. The molecule has 0 bridgehead atoms. The smallest absolute Gasteiger partial charge is 0.0358 e. The molecule has 0 heterocycles. The first-order valence-electron chi connectivity index (χ1n) is 13.7. The molecule has 1 aliphatic carbocycles. The van der Waals surface area contributed by atoms with Crippen LogP contribution >= 0.6 is 0 Å². The lowest BCUT2D eigenvalue weighted by molar-refractivity contribution is 1.03. The third-order valence-electron chi connectivity index (χ3n) is 8.88. The van der Waals surface area contributed by atoms with Gasteiger partial charge in [-0.15, -0.1) is 0 Å². The molecule has 0 spiro atoms. The first kappa shape index (κ1) is 21.0. The minimum atomic E-state index is 0.202. The predicted molar refractivity (Wildman–Crippen MR) is 167 cm³/mol. The Morgan fingerprint density at radius 1 is 0.359 bits per heavy atom. The van der Waals surface area contributed by atoms with Crippen LogP contribution in [0.3, 0.4) is 0 Å². The maximum Gasteiger partial charge on any atom is 0.0358 e. The molecule has 0 aromatic heterocycles. The van der Waals surface area contributed by atoms with Crippen molar-refractivity contribution in [2.75, 3.05) is 0 Å². The van der Waals surface area contributed by atoms with Crippen LogP contribution < -0.4 is 0 Å². The molecule has 8 aromatic carbocycles. The maximum atomic E-state index is 2.35. The number of hydrogen-bond acceptors (Lipinski definition) is 0. The van der Waals surface area contributed by atoms with Crippen LogP contribution in [0.2, 0.25) is 0 Å². The molecular formula is C39H24. The summed E-state index contributed by atoms with van der Waals surface area (Å²) < 4.78 is 0. The Morgan fingerprint density at radius 2 is 0.949 bits per heavy atom. The minimum Gasteiger partial charge on any atom is -0.0622 e. The lowest BCUT2D eigenvalue weighted by atomic mass is 9.81. The van der Waals surface area contributed by atoms with Crippen LogP contribution in [0.15, 0.2) is 140 Å². The summed E-state index contributed by atoms with van der Waals surface area (Å²) in [4.78, 5) is 0. The zero-order valence-electron chi connectivity index (χ0n) is 21.4. The van der Waals surface area contributed by atoms with E-state index in [1.807, 2.05) is 0 Å². The summed E-state index contributed by atoms with van der Waals surface area (Å²) in [5, 5.41) is 13.4. The van der Waals surface area contributed by atoms with Crippen molar-refractivity contribution in [3.8, 4) is 11.1 Å². The van der Waals surface area contributed by atoms with Gasteiger partial charge in [0.05, 0.1) is 0 Å². The zero-order valence-corrected chi connectivity index (χ0v) is 21.4. The summed E-state index contributed by atoms with van der Waals surface area (Å²) in [5.74, 6) is 0.202. The van der Waals surface area contributed by atoms with Gasteiger partial charge >= 0.3 is 0 Å². The molecule has 1 aliphatic rings. The van der Waals surface area contributed by atoms with Gasteiger partial charge in [-0.05, 0) is 81.7 Å². The highest BCUT2D eigenvalue weighted by molar-refractivity contribution is 6.39. The van der Waals surface area contributed by atoms with Crippen LogP contribution in [-0.4, -0.2) is 0 Å². The molecule has 0 N–H and O–H groups in total. The van der Waals surface area contributed by atoms with Crippen molar-refractivity contribution in [1.82, 2.24) is 0 Å². The molecule has 1 unspecified atom stereocenters. The molecule has 0 radical (unpaired) electrons. The highest BCUT2D eigenvalue weighted by Crippen LogP contribution is 2.56. The van der Waals surface area contributed by atoms with E-state index in [2.05, 4.69) is 140 Å². The first-order chi connectivity index (χ1) is 19.4. The van der Waals surface area contributed by atoms with Crippen molar-refractivity contribution >= 4 is 53.9 Å². The quantitative estimate of drug-likeness (QED) is 0.200. The Morgan fingerprint density at radius 3 is 1.77 bits per heavy atom. The Labute approximate surface area is 226 Å². The third-order valence-corrected chi connectivity index (χ3v) is 8.88. The van der Waals surface area contributed by atoms with E-state index in [0.717, 1.165) is 0 Å². The largest absolute Gasteiger partial charge is 0.0622 e. The zero-order chi connectivity index (χ0) is 25.5. The molecule has 0 fully saturated rings. The molecule has 0 nitrogen and oxygen atoms in total. The predicted octanol–water partition coefficient (Wildman–Crippen LogP) is 10.6. The molecule has 0 saturated heterocycles. The van der Waals surface area contributed by atoms with Crippen LogP contribution in [0.4, 0.5) is 0 Å². The second-order valence-corrected chi connectivity index (χ2v) is 10.8. The summed E-state index contributed by atoms with van der Waals surface area (Å²) in [6.07, 6.45) is 0. The van der Waals surface area contributed by atoms with Gasteiger partial charge in [-0.2, -0.15) is 0 Å². The van der Waals surface area contributed by atoms with Crippen LogP contribution in [-0.2, 0) is 0 Å². The van der Waals surface area contributed by atoms with Gasteiger partial charge in [0.15, 0.2) is 0 Å². The number of fused-ring (bicyclic) bond motifs is 15. The van der Waals surface area contributed by atoms with Gasteiger partial charge in [-0.25, -0.2) is 0 Å². The van der Waals surface area contributed by atoms with Gasteiger partial charge in [0.25, 0.3) is 0 Å². The highest BCUT2D eigenvalue weighted by atomic mass is 14.4. The normalized spacial score (nSPS) is 14.4. The van der Waals surface area contributed by atoms with Crippen molar-refractivity contribution in [1.29, 1.82) is 0 Å². The average molecular weight is 493 g/mol. The Kier molecular flexibility index (Phi) is 4.20. The topological polar surface area (TPSA) is 0 Å². The molecule has 0 aliphatic heterocycles. The molecule has 180 valence electrons. The minimum absolute atomic E-state index is 0.202. The van der Waals surface area contributed by atoms with Crippen molar-refractivity contribution in [3.05, 3.63) is 156 Å². The van der Waals surface area contributed by atoms with Gasteiger partial charge in [0.2, 0.25) is 0 Å². The molecule has 0 saturated carbocycles. The van der Waals surface area contributed by atoms with Gasteiger partial charge < -0.3 is 0 Å². The Balaban J connectivity index is 1.64. The van der Waals surface area contributed by atoms with Gasteiger partial charge in [0.1, 0.15) is 0 Å². The average Bonchev–Trinajstić information content (AvgIpc) is 3.36. The van der Waals surface area contributed by atoms with E-state index in [4.69, 9.17) is 0 Å². The van der Waals surface area contributed by atoms with Crippen LogP contribution in [0.5, 0.6) is 0 Å². The summed E-state index contributed by atoms with van der Waals surface area (Å²) in [6.45, 7) is 0. The fourth-order valence-corrected chi connectivity index (χ4v) is 7.40. The van der Waals surface area contributed by atoms with E-state index in [1.54, 1.807) is 0 Å². The SMILES string of the molecule is c1ccc(C2c3ccccc3-c3c2c2ccccc2c2c3c3ccccc3c3ccc4ccccc4c32)cc1. The summed E-state index contributed by atoms with van der Waals surface area (Å²) in [7, 11) is 0. The van der Waals surface area contributed by atoms with Crippen molar-refractivity contribution in [2.45, 2.75) is 5.92 Å². The fraction of sp³-hybridized carbons (Fsp3) is 0.0256. The molecule has 0 amide bonds. The van der Waals surface area contributed by atoms with Gasteiger partial charge in [0, 0.05) is 5.92 Å². The highest BCUT2D eigenvalue weighted by Gasteiger charge is 2.34. The van der Waals surface area contributed by atoms with Crippen molar-refractivity contribution in [3.63, 3.8) is 0 Å². The van der Waals surface area contributed by atoms with Crippen LogP contribution in [0.1, 0.15) is 22.6 Å². The van der Waals surface area contributed by atoms with E-state index >= 15 is 0 Å². The monoisotopic (exact) mass is 492 g/mol. The first-order valence-corrected chi connectivity index (χ1v) is 13.7. The fourth-order valence-electron chi connectivity index (χ4n) is 7.40. The van der Waals surface area contributed by atoms with Gasteiger partial charge in [-0.3, -0.25) is 0 Å². The van der Waals surface area contributed by atoms with E-state index in [-0.39, 0.29) is 5.92 Å². The van der Waals surface area contributed by atoms with E-state index in [1.165, 1.54) is 81.7 Å². The second-order valence-electron chi connectivity index (χ2n) is 10.8. The van der Waals surface area contributed by atoms with Crippen molar-refractivity contribution < 1.29 is 0 Å². The number of hydrogen-bond donors (Lipinski definition) is 0. The number of benzene rings is 8. The Bertz CT molecular complexity index is 2270. The molecule has 8 aromatic rings. The maximum absolute atomic E-state index is 2.35.